The van der Waals surface area contributed by atoms with Crippen molar-refractivity contribution in [2.75, 3.05) is 30.3 Å². The van der Waals surface area contributed by atoms with Crippen molar-refractivity contribution in [2.24, 2.45) is 11.4 Å². The first kappa shape index (κ1) is 20.2. The Morgan fingerprint density at radius 1 is 1.13 bits per heavy atom. The number of aryl methyl sites for hydroxylation is 1. The van der Waals surface area contributed by atoms with Crippen LogP contribution in [0.25, 0.3) is 27.7 Å². The van der Waals surface area contributed by atoms with Crippen molar-refractivity contribution in [3.05, 3.63) is 42.4 Å². The molecule has 1 saturated heterocycles. The van der Waals surface area contributed by atoms with E-state index in [2.05, 4.69) is 42.4 Å². The first-order valence-electron chi connectivity index (χ1n) is 10.9. The molecule has 0 atom stereocenters. The van der Waals surface area contributed by atoms with Crippen LogP contribution in [0.2, 0.25) is 0 Å². The second-order valence-electron chi connectivity index (χ2n) is 8.30. The highest BCUT2D eigenvalue weighted by molar-refractivity contribution is 7.93. The number of aromatic nitrogens is 3. The number of nitrogen functional groups attached to an aromatic ring is 1. The average Bonchev–Trinajstić information content (AvgIpc) is 3.09. The van der Waals surface area contributed by atoms with Gasteiger partial charge >= 0.3 is 0 Å². The highest BCUT2D eigenvalue weighted by Crippen LogP contribution is 2.41. The van der Waals surface area contributed by atoms with Gasteiger partial charge in [-0.1, -0.05) is 24.6 Å². The SMILES string of the molecule is Cn1c(C2=CCNCC2)c(-c2ccc(N=S3(=O)CCCCC3)cc2)c2c(N)ncnc21. The van der Waals surface area contributed by atoms with E-state index in [1.807, 2.05) is 19.2 Å². The number of rotatable bonds is 3. The molecule has 7 nitrogen and oxygen atoms in total. The molecule has 2 aromatic heterocycles. The molecule has 0 spiro atoms. The fraction of sp³-hybridized carbons (Fsp3) is 0.391. The third kappa shape index (κ3) is 3.74. The Morgan fingerprint density at radius 2 is 1.90 bits per heavy atom. The third-order valence-electron chi connectivity index (χ3n) is 6.22. The highest BCUT2D eigenvalue weighted by Gasteiger charge is 2.23. The number of nitrogens with zero attached hydrogens (tertiary/aromatic N) is 4. The summed E-state index contributed by atoms with van der Waals surface area (Å²) in [6, 6.07) is 8.04. The van der Waals surface area contributed by atoms with Gasteiger partial charge in [-0.2, -0.15) is 4.36 Å². The molecule has 5 rings (SSSR count). The molecule has 0 aliphatic carbocycles. The second kappa shape index (κ2) is 8.09. The minimum atomic E-state index is -2.12. The van der Waals surface area contributed by atoms with E-state index in [1.165, 1.54) is 11.9 Å². The summed E-state index contributed by atoms with van der Waals surface area (Å²) in [5, 5.41) is 4.26. The molecule has 0 bridgehead atoms. The molecule has 2 aliphatic heterocycles. The van der Waals surface area contributed by atoms with Crippen molar-refractivity contribution in [3.63, 3.8) is 0 Å². The van der Waals surface area contributed by atoms with E-state index in [0.29, 0.717) is 17.3 Å². The lowest BCUT2D eigenvalue weighted by Gasteiger charge is -2.17. The lowest BCUT2D eigenvalue weighted by atomic mass is 9.96. The molecule has 0 unspecified atom stereocenters. The molecule has 31 heavy (non-hydrogen) atoms. The maximum Gasteiger partial charge on any atom is 0.146 e. The number of fused-ring (bicyclic) bond motifs is 1. The minimum absolute atomic E-state index is 0.482. The van der Waals surface area contributed by atoms with E-state index in [4.69, 9.17) is 5.73 Å². The van der Waals surface area contributed by atoms with Crippen molar-refractivity contribution >= 4 is 37.8 Å². The summed E-state index contributed by atoms with van der Waals surface area (Å²) in [5.41, 5.74) is 12.4. The highest BCUT2D eigenvalue weighted by atomic mass is 32.2. The lowest BCUT2D eigenvalue weighted by Crippen LogP contribution is -2.20. The summed E-state index contributed by atoms with van der Waals surface area (Å²) in [7, 11) is -0.0830. The molecule has 0 radical (unpaired) electrons. The van der Waals surface area contributed by atoms with Gasteiger partial charge in [0.15, 0.2) is 0 Å². The van der Waals surface area contributed by atoms with Crippen LogP contribution in [0.4, 0.5) is 11.5 Å². The van der Waals surface area contributed by atoms with Crippen LogP contribution in [0.3, 0.4) is 0 Å². The van der Waals surface area contributed by atoms with Crippen LogP contribution in [-0.4, -0.2) is 43.3 Å². The summed E-state index contributed by atoms with van der Waals surface area (Å²) >= 11 is 0. The summed E-state index contributed by atoms with van der Waals surface area (Å²) in [6.45, 7) is 1.80. The van der Waals surface area contributed by atoms with Crippen LogP contribution in [-0.2, 0) is 16.8 Å². The zero-order valence-corrected chi connectivity index (χ0v) is 18.6. The van der Waals surface area contributed by atoms with Crippen LogP contribution in [0, 0.1) is 0 Å². The number of nitrogens with two attached hydrogens (primary N) is 1. The van der Waals surface area contributed by atoms with Crippen molar-refractivity contribution in [2.45, 2.75) is 25.7 Å². The third-order valence-corrected chi connectivity index (χ3v) is 8.62. The normalized spacial score (nSPS) is 18.7. The zero-order chi connectivity index (χ0) is 21.4. The van der Waals surface area contributed by atoms with E-state index in [1.54, 1.807) is 0 Å². The smallest absolute Gasteiger partial charge is 0.146 e. The number of nitrogens with one attached hydrogen (secondary N) is 1. The Hall–Kier alpha value is -2.71. The van der Waals surface area contributed by atoms with Crippen molar-refractivity contribution < 1.29 is 4.21 Å². The van der Waals surface area contributed by atoms with Crippen LogP contribution in [0.1, 0.15) is 31.4 Å². The first-order valence-corrected chi connectivity index (χ1v) is 12.7. The maximum absolute atomic E-state index is 13.0. The number of hydrogen-bond donors (Lipinski definition) is 2. The maximum atomic E-state index is 13.0. The Bertz CT molecular complexity index is 1270. The standard InChI is InChI=1S/C23H28N6OS/c1-29-21(17-9-11-25-12-10-17)19(20-22(24)26-15-27-23(20)29)16-5-7-18(8-6-16)28-31(30)13-3-2-4-14-31/h5-9,15,25H,2-4,10-14H2,1H3,(H2,24,26,27). The molecule has 1 fully saturated rings. The van der Waals surface area contributed by atoms with Crippen molar-refractivity contribution in [1.82, 2.24) is 19.9 Å². The van der Waals surface area contributed by atoms with Crippen LogP contribution >= 0.6 is 0 Å². The molecule has 1 aromatic carbocycles. The fourth-order valence-electron chi connectivity index (χ4n) is 4.68. The summed E-state index contributed by atoms with van der Waals surface area (Å²) < 4.78 is 19.8. The average molecular weight is 437 g/mol. The van der Waals surface area contributed by atoms with Gasteiger partial charge < -0.3 is 15.6 Å². The number of benzene rings is 1. The van der Waals surface area contributed by atoms with Gasteiger partial charge in [0.1, 0.15) is 17.8 Å². The summed E-state index contributed by atoms with van der Waals surface area (Å²) in [6.07, 6.45) is 7.86. The molecule has 3 aromatic rings. The second-order valence-corrected chi connectivity index (χ2v) is 10.8. The number of anilines is 1. The van der Waals surface area contributed by atoms with E-state index >= 15 is 0 Å². The quantitative estimate of drug-likeness (QED) is 0.649. The predicted octanol–water partition coefficient (Wildman–Crippen LogP) is 3.88. The van der Waals surface area contributed by atoms with Gasteiger partial charge in [-0.15, -0.1) is 0 Å². The van der Waals surface area contributed by atoms with Crippen LogP contribution < -0.4 is 11.1 Å². The van der Waals surface area contributed by atoms with Gasteiger partial charge in [-0.25, -0.2) is 14.2 Å². The molecule has 3 N–H and O–H groups in total. The van der Waals surface area contributed by atoms with E-state index in [-0.39, 0.29) is 0 Å². The van der Waals surface area contributed by atoms with Gasteiger partial charge in [-0.3, -0.25) is 0 Å². The lowest BCUT2D eigenvalue weighted by molar-refractivity contribution is 0.650. The molecule has 4 heterocycles. The largest absolute Gasteiger partial charge is 0.383 e. The van der Waals surface area contributed by atoms with Gasteiger partial charge in [0.05, 0.1) is 26.5 Å². The molecular weight excluding hydrogens is 408 g/mol. The Labute approximate surface area is 183 Å². The monoisotopic (exact) mass is 436 g/mol. The molecule has 0 amide bonds. The molecule has 8 heteroatoms. The fourth-order valence-corrected chi connectivity index (χ4v) is 6.88. The van der Waals surface area contributed by atoms with Crippen molar-refractivity contribution in [1.29, 1.82) is 0 Å². The van der Waals surface area contributed by atoms with E-state index < -0.39 is 9.73 Å². The topological polar surface area (TPSA) is 98.2 Å². The molecule has 162 valence electrons. The van der Waals surface area contributed by atoms with Crippen LogP contribution in [0.15, 0.2) is 41.0 Å². The minimum Gasteiger partial charge on any atom is -0.383 e. The molecule has 0 saturated carbocycles. The van der Waals surface area contributed by atoms with E-state index in [9.17, 15) is 4.21 Å². The Balaban J connectivity index is 1.65. The Kier molecular flexibility index (Phi) is 5.27. The van der Waals surface area contributed by atoms with Gasteiger partial charge in [0.2, 0.25) is 0 Å². The summed E-state index contributed by atoms with van der Waals surface area (Å²) in [5.74, 6) is 1.90. The zero-order valence-electron chi connectivity index (χ0n) is 17.8. The Morgan fingerprint density at radius 3 is 2.61 bits per heavy atom. The molecular formula is C23H28N6OS. The van der Waals surface area contributed by atoms with E-state index in [0.717, 1.165) is 72.3 Å². The first-order chi connectivity index (χ1) is 15.1. The van der Waals surface area contributed by atoms with Gasteiger partial charge in [-0.05, 0) is 49.1 Å². The summed E-state index contributed by atoms with van der Waals surface area (Å²) in [4.78, 5) is 8.78. The van der Waals surface area contributed by atoms with Gasteiger partial charge in [0, 0.05) is 30.7 Å². The predicted molar refractivity (Wildman–Crippen MR) is 128 cm³/mol. The number of hydrogen-bond acceptors (Lipinski definition) is 6. The molecule has 2 aliphatic rings. The van der Waals surface area contributed by atoms with Crippen molar-refractivity contribution in [3.8, 4) is 11.1 Å². The van der Waals surface area contributed by atoms with Crippen LogP contribution in [0.5, 0.6) is 0 Å². The van der Waals surface area contributed by atoms with Gasteiger partial charge in [0.25, 0.3) is 0 Å².